The number of para-hydroxylation sites is 1. The molecule has 76 valence electrons. The van der Waals surface area contributed by atoms with E-state index in [1.807, 2.05) is 12.1 Å². The van der Waals surface area contributed by atoms with Crippen LogP contribution >= 0.6 is 0 Å². The van der Waals surface area contributed by atoms with E-state index < -0.39 is 0 Å². The Labute approximate surface area is 83.7 Å². The highest BCUT2D eigenvalue weighted by Crippen LogP contribution is 2.36. The molecule has 2 N–H and O–H groups in total. The molecule has 2 rings (SSSR count). The largest absolute Gasteiger partial charge is 0.504 e. The Kier molecular flexibility index (Phi) is 2.59. The first-order valence-electron chi connectivity index (χ1n) is 4.92. The van der Waals surface area contributed by atoms with Crippen LogP contribution in [0.15, 0.2) is 18.2 Å². The molecule has 0 bridgehead atoms. The standard InChI is InChI=1S/C11H15NO2/c1-14-10-6-2-4-8(11(10)13)9-5-3-7-12-9/h2,4,6,9,12-13H,3,5,7H2,1H3/t9-/m1/s1. The van der Waals surface area contributed by atoms with Crippen molar-refractivity contribution in [3.63, 3.8) is 0 Å². The lowest BCUT2D eigenvalue weighted by atomic mass is 10.0. The number of rotatable bonds is 2. The average Bonchev–Trinajstić information content (AvgIpc) is 2.71. The zero-order chi connectivity index (χ0) is 9.97. The molecule has 3 heteroatoms. The summed E-state index contributed by atoms with van der Waals surface area (Å²) in [4.78, 5) is 0. The first-order chi connectivity index (χ1) is 6.83. The van der Waals surface area contributed by atoms with E-state index in [1.165, 1.54) is 6.42 Å². The van der Waals surface area contributed by atoms with E-state index in [4.69, 9.17) is 4.74 Å². The molecule has 3 nitrogen and oxygen atoms in total. The van der Waals surface area contributed by atoms with Crippen LogP contribution in [0.1, 0.15) is 24.4 Å². The van der Waals surface area contributed by atoms with Crippen LogP contribution in [0, 0.1) is 0 Å². The van der Waals surface area contributed by atoms with Gasteiger partial charge in [-0.3, -0.25) is 0 Å². The summed E-state index contributed by atoms with van der Waals surface area (Å²) < 4.78 is 5.07. The van der Waals surface area contributed by atoms with Crippen molar-refractivity contribution in [3.8, 4) is 11.5 Å². The van der Waals surface area contributed by atoms with Gasteiger partial charge in [-0.15, -0.1) is 0 Å². The molecule has 1 saturated heterocycles. The topological polar surface area (TPSA) is 41.5 Å². The van der Waals surface area contributed by atoms with E-state index in [-0.39, 0.29) is 11.8 Å². The van der Waals surface area contributed by atoms with Crippen LogP contribution in [-0.2, 0) is 0 Å². The monoisotopic (exact) mass is 193 g/mol. The van der Waals surface area contributed by atoms with E-state index in [0.717, 1.165) is 18.5 Å². The number of hydrogen-bond acceptors (Lipinski definition) is 3. The Morgan fingerprint density at radius 3 is 3.00 bits per heavy atom. The minimum Gasteiger partial charge on any atom is -0.504 e. The van der Waals surface area contributed by atoms with Gasteiger partial charge in [-0.2, -0.15) is 0 Å². The van der Waals surface area contributed by atoms with Crippen LogP contribution in [0.2, 0.25) is 0 Å². The number of aromatic hydroxyl groups is 1. The van der Waals surface area contributed by atoms with Crippen molar-refractivity contribution in [1.82, 2.24) is 5.32 Å². The van der Waals surface area contributed by atoms with Crippen LogP contribution in [0.3, 0.4) is 0 Å². The molecule has 0 spiro atoms. The van der Waals surface area contributed by atoms with Crippen LogP contribution in [-0.4, -0.2) is 18.8 Å². The molecule has 0 aliphatic carbocycles. The molecule has 1 fully saturated rings. The van der Waals surface area contributed by atoms with Gasteiger partial charge in [0.15, 0.2) is 11.5 Å². The number of phenolic OH excluding ortho intramolecular Hbond substituents is 1. The highest BCUT2D eigenvalue weighted by Gasteiger charge is 2.20. The molecule has 0 radical (unpaired) electrons. The van der Waals surface area contributed by atoms with E-state index in [2.05, 4.69) is 5.32 Å². The Morgan fingerprint density at radius 2 is 2.36 bits per heavy atom. The SMILES string of the molecule is COc1cccc([C@H]2CCCN2)c1O. The Bertz CT molecular complexity index is 319. The molecule has 1 heterocycles. The van der Waals surface area contributed by atoms with E-state index >= 15 is 0 Å². The van der Waals surface area contributed by atoms with Crippen LogP contribution in [0.5, 0.6) is 11.5 Å². The van der Waals surface area contributed by atoms with Crippen molar-refractivity contribution >= 4 is 0 Å². The van der Waals surface area contributed by atoms with Crippen molar-refractivity contribution in [2.24, 2.45) is 0 Å². The third kappa shape index (κ3) is 1.55. The first-order valence-corrected chi connectivity index (χ1v) is 4.92. The minimum atomic E-state index is 0.273. The van der Waals surface area contributed by atoms with Crippen molar-refractivity contribution in [2.75, 3.05) is 13.7 Å². The fraction of sp³-hybridized carbons (Fsp3) is 0.455. The van der Waals surface area contributed by atoms with E-state index in [9.17, 15) is 5.11 Å². The number of methoxy groups -OCH3 is 1. The third-order valence-corrected chi connectivity index (χ3v) is 2.69. The molecule has 14 heavy (non-hydrogen) atoms. The molecule has 1 atom stereocenters. The summed E-state index contributed by atoms with van der Waals surface area (Å²) in [6.07, 6.45) is 2.25. The lowest BCUT2D eigenvalue weighted by molar-refractivity contribution is 0.367. The zero-order valence-electron chi connectivity index (χ0n) is 8.29. The maximum atomic E-state index is 9.88. The predicted octanol–water partition coefficient (Wildman–Crippen LogP) is 1.83. The number of ether oxygens (including phenoxy) is 1. The quantitative estimate of drug-likeness (QED) is 0.752. The Balaban J connectivity index is 2.32. The van der Waals surface area contributed by atoms with Crippen LogP contribution in [0.25, 0.3) is 0 Å². The fourth-order valence-electron chi connectivity index (χ4n) is 1.94. The number of benzene rings is 1. The van der Waals surface area contributed by atoms with E-state index in [1.54, 1.807) is 13.2 Å². The molecule has 1 aromatic carbocycles. The van der Waals surface area contributed by atoms with Crippen LogP contribution in [0.4, 0.5) is 0 Å². The molecule has 0 unspecified atom stereocenters. The van der Waals surface area contributed by atoms with Crippen molar-refractivity contribution in [1.29, 1.82) is 0 Å². The van der Waals surface area contributed by atoms with E-state index in [0.29, 0.717) is 5.75 Å². The Morgan fingerprint density at radius 1 is 1.50 bits per heavy atom. The van der Waals surface area contributed by atoms with Gasteiger partial charge in [0.25, 0.3) is 0 Å². The minimum absolute atomic E-state index is 0.273. The van der Waals surface area contributed by atoms with Gasteiger partial charge >= 0.3 is 0 Å². The van der Waals surface area contributed by atoms with Gasteiger partial charge < -0.3 is 15.2 Å². The molecule has 1 aliphatic heterocycles. The van der Waals surface area contributed by atoms with Gasteiger partial charge in [0.2, 0.25) is 0 Å². The molecular formula is C11H15NO2. The predicted molar refractivity (Wildman–Crippen MR) is 54.6 cm³/mol. The smallest absolute Gasteiger partial charge is 0.162 e. The molecule has 0 amide bonds. The maximum absolute atomic E-state index is 9.88. The lowest BCUT2D eigenvalue weighted by Gasteiger charge is -2.14. The highest BCUT2D eigenvalue weighted by molar-refractivity contribution is 5.47. The number of hydrogen-bond donors (Lipinski definition) is 2. The third-order valence-electron chi connectivity index (χ3n) is 2.69. The van der Waals surface area contributed by atoms with Crippen LogP contribution < -0.4 is 10.1 Å². The lowest BCUT2D eigenvalue weighted by Crippen LogP contribution is -2.13. The summed E-state index contributed by atoms with van der Waals surface area (Å²) in [6.45, 7) is 1.03. The summed E-state index contributed by atoms with van der Waals surface area (Å²) in [7, 11) is 1.57. The zero-order valence-corrected chi connectivity index (χ0v) is 8.29. The average molecular weight is 193 g/mol. The van der Waals surface area contributed by atoms with Gasteiger partial charge in [0.1, 0.15) is 0 Å². The maximum Gasteiger partial charge on any atom is 0.162 e. The molecular weight excluding hydrogens is 178 g/mol. The normalized spacial score (nSPS) is 21.1. The summed E-state index contributed by atoms with van der Waals surface area (Å²) in [5, 5.41) is 13.2. The number of phenols is 1. The second-order valence-corrected chi connectivity index (χ2v) is 3.55. The number of nitrogens with one attached hydrogen (secondary N) is 1. The first kappa shape index (κ1) is 9.34. The summed E-state index contributed by atoms with van der Waals surface area (Å²) >= 11 is 0. The van der Waals surface area contributed by atoms with Gasteiger partial charge in [-0.25, -0.2) is 0 Å². The highest BCUT2D eigenvalue weighted by atomic mass is 16.5. The van der Waals surface area contributed by atoms with Crippen molar-refractivity contribution in [2.45, 2.75) is 18.9 Å². The van der Waals surface area contributed by atoms with Gasteiger partial charge in [-0.05, 0) is 25.5 Å². The summed E-state index contributed by atoms with van der Waals surface area (Å²) in [5.74, 6) is 0.825. The fourth-order valence-corrected chi connectivity index (χ4v) is 1.94. The molecule has 1 aliphatic rings. The van der Waals surface area contributed by atoms with Crippen molar-refractivity contribution in [3.05, 3.63) is 23.8 Å². The second kappa shape index (κ2) is 3.88. The summed E-state index contributed by atoms with van der Waals surface area (Å²) in [5.41, 5.74) is 0.946. The van der Waals surface area contributed by atoms with Gasteiger partial charge in [0.05, 0.1) is 7.11 Å². The van der Waals surface area contributed by atoms with Gasteiger partial charge in [-0.1, -0.05) is 12.1 Å². The van der Waals surface area contributed by atoms with Crippen molar-refractivity contribution < 1.29 is 9.84 Å². The summed E-state index contributed by atoms with van der Waals surface area (Å²) in [6, 6.07) is 5.91. The molecule has 1 aromatic rings. The molecule has 0 aromatic heterocycles. The second-order valence-electron chi connectivity index (χ2n) is 3.55. The Hall–Kier alpha value is -1.22. The molecule has 0 saturated carbocycles. The van der Waals surface area contributed by atoms with Gasteiger partial charge in [0, 0.05) is 11.6 Å².